The van der Waals surface area contributed by atoms with E-state index in [9.17, 15) is 36.9 Å². The van der Waals surface area contributed by atoms with Crippen LogP contribution in [0.3, 0.4) is 0 Å². The lowest BCUT2D eigenvalue weighted by molar-refractivity contribution is -0.384. The number of nitro benzene ring substituents is 1. The molecule has 12 heteroatoms. The number of amides is 1. The fourth-order valence-electron chi connectivity index (χ4n) is 3.07. The Hall–Kier alpha value is -3.21. The molecule has 2 aromatic rings. The number of carbonyl (C=O) groups excluding carboxylic acids is 1. The van der Waals surface area contributed by atoms with E-state index in [1.54, 1.807) is 0 Å². The maximum Gasteiger partial charge on any atom is 0.288 e. The predicted molar refractivity (Wildman–Crippen MR) is 102 cm³/mol. The summed E-state index contributed by atoms with van der Waals surface area (Å²) in [5, 5.41) is 10.9. The molecule has 1 aliphatic rings. The van der Waals surface area contributed by atoms with Crippen LogP contribution in [0.4, 0.5) is 33.3 Å². The van der Waals surface area contributed by atoms with E-state index in [1.165, 1.54) is 29.2 Å². The van der Waals surface area contributed by atoms with Crippen LogP contribution in [0.1, 0.15) is 5.56 Å². The minimum atomic E-state index is -2.24. The van der Waals surface area contributed by atoms with Gasteiger partial charge in [-0.1, -0.05) is 17.7 Å². The summed E-state index contributed by atoms with van der Waals surface area (Å²) < 4.78 is 67.9. The number of halogens is 6. The first-order chi connectivity index (χ1) is 14.6. The van der Waals surface area contributed by atoms with E-state index in [1.807, 2.05) is 0 Å². The number of rotatable bonds is 4. The van der Waals surface area contributed by atoms with E-state index in [-0.39, 0.29) is 36.9 Å². The number of anilines is 1. The molecular weight excluding hydrogens is 449 g/mol. The van der Waals surface area contributed by atoms with Gasteiger partial charge in [0, 0.05) is 38.3 Å². The van der Waals surface area contributed by atoms with E-state index >= 15 is 0 Å². The third-order valence-electron chi connectivity index (χ3n) is 4.68. The van der Waals surface area contributed by atoms with Gasteiger partial charge < -0.3 is 9.80 Å². The van der Waals surface area contributed by atoms with E-state index in [0.717, 1.165) is 11.0 Å². The highest BCUT2D eigenvalue weighted by Gasteiger charge is 2.31. The second-order valence-electron chi connectivity index (χ2n) is 6.53. The number of benzene rings is 2. The second-order valence-corrected chi connectivity index (χ2v) is 6.94. The monoisotopic (exact) mass is 461 g/mol. The largest absolute Gasteiger partial charge is 0.363 e. The minimum Gasteiger partial charge on any atom is -0.363 e. The van der Waals surface area contributed by atoms with Crippen molar-refractivity contribution in [2.24, 2.45) is 0 Å². The van der Waals surface area contributed by atoms with Gasteiger partial charge in [0.05, 0.1) is 4.92 Å². The molecule has 0 N–H and O–H groups in total. The van der Waals surface area contributed by atoms with Gasteiger partial charge in [-0.3, -0.25) is 14.9 Å². The van der Waals surface area contributed by atoms with Crippen molar-refractivity contribution in [2.45, 2.75) is 0 Å². The van der Waals surface area contributed by atoms with Crippen molar-refractivity contribution >= 4 is 35.0 Å². The zero-order valence-corrected chi connectivity index (χ0v) is 16.3. The Morgan fingerprint density at radius 2 is 1.52 bits per heavy atom. The normalized spacial score (nSPS) is 14.4. The van der Waals surface area contributed by atoms with Gasteiger partial charge in [0.25, 0.3) is 5.69 Å². The van der Waals surface area contributed by atoms with Crippen molar-refractivity contribution in [1.82, 2.24) is 4.90 Å². The van der Waals surface area contributed by atoms with Gasteiger partial charge in [0.2, 0.25) is 11.7 Å². The zero-order valence-electron chi connectivity index (χ0n) is 15.5. The molecule has 164 valence electrons. The Morgan fingerprint density at radius 1 is 0.968 bits per heavy atom. The number of hydrogen-bond donors (Lipinski definition) is 0. The summed E-state index contributed by atoms with van der Waals surface area (Å²) in [6.07, 6.45) is 2.49. The molecule has 0 aromatic heterocycles. The van der Waals surface area contributed by atoms with Crippen LogP contribution in [0.2, 0.25) is 5.02 Å². The molecule has 1 saturated heterocycles. The van der Waals surface area contributed by atoms with E-state index in [2.05, 4.69) is 0 Å². The van der Waals surface area contributed by atoms with Gasteiger partial charge >= 0.3 is 0 Å². The quantitative estimate of drug-likeness (QED) is 0.170. The standard InChI is InChI=1S/C19H13ClF5N3O3/c20-11-3-1-10(9-12(11)28(30)31)2-4-13(29)26-5-7-27(8-6-26)19-17(24)15(22)14(21)16(23)18(19)25/h1-4,9H,5-8H2/b4-2+. The third kappa shape index (κ3) is 4.46. The van der Waals surface area contributed by atoms with Crippen molar-refractivity contribution < 1.29 is 31.7 Å². The van der Waals surface area contributed by atoms with E-state index in [4.69, 9.17) is 11.6 Å². The lowest BCUT2D eigenvalue weighted by Gasteiger charge is -2.36. The van der Waals surface area contributed by atoms with Crippen LogP contribution in [0, 0.1) is 39.2 Å². The van der Waals surface area contributed by atoms with Crippen molar-refractivity contribution in [3.05, 3.63) is 74.1 Å². The van der Waals surface area contributed by atoms with Crippen LogP contribution in [0.15, 0.2) is 24.3 Å². The summed E-state index contributed by atoms with van der Waals surface area (Å²) in [5.41, 5.74) is -1.01. The van der Waals surface area contributed by atoms with Crippen molar-refractivity contribution in [3.63, 3.8) is 0 Å². The predicted octanol–water partition coefficient (Wildman–Crippen LogP) is 4.31. The summed E-state index contributed by atoms with van der Waals surface area (Å²) in [5.74, 6) is -10.7. The molecule has 2 aromatic carbocycles. The first-order valence-corrected chi connectivity index (χ1v) is 9.17. The number of hydrogen-bond acceptors (Lipinski definition) is 4. The highest BCUT2D eigenvalue weighted by molar-refractivity contribution is 6.32. The van der Waals surface area contributed by atoms with Gasteiger partial charge in [-0.25, -0.2) is 22.0 Å². The molecule has 1 fully saturated rings. The van der Waals surface area contributed by atoms with Crippen molar-refractivity contribution in [2.75, 3.05) is 31.1 Å². The topological polar surface area (TPSA) is 66.7 Å². The molecule has 0 atom stereocenters. The summed E-state index contributed by atoms with van der Waals surface area (Å²) in [6.45, 7) is -0.401. The van der Waals surface area contributed by atoms with Gasteiger partial charge in [-0.15, -0.1) is 0 Å². The molecule has 6 nitrogen and oxygen atoms in total. The Kier molecular flexibility index (Phi) is 6.44. The van der Waals surface area contributed by atoms with E-state index < -0.39 is 45.6 Å². The molecule has 1 heterocycles. The molecular formula is C19H13ClF5N3O3. The summed E-state index contributed by atoms with van der Waals surface area (Å²) in [6, 6.07) is 3.97. The number of piperazine rings is 1. The summed E-state index contributed by atoms with van der Waals surface area (Å²) in [4.78, 5) is 24.9. The SMILES string of the molecule is O=C(/C=C/c1ccc(Cl)c([N+](=O)[O-])c1)N1CCN(c2c(F)c(F)c(F)c(F)c2F)CC1. The van der Waals surface area contributed by atoms with Crippen LogP contribution in [0.5, 0.6) is 0 Å². The molecule has 0 radical (unpaired) electrons. The maximum absolute atomic E-state index is 14.0. The molecule has 31 heavy (non-hydrogen) atoms. The average Bonchev–Trinajstić information content (AvgIpc) is 2.76. The molecule has 0 spiro atoms. The minimum absolute atomic E-state index is 0.0383. The molecule has 3 rings (SSSR count). The highest BCUT2D eigenvalue weighted by atomic mass is 35.5. The fraction of sp³-hybridized carbons (Fsp3) is 0.211. The first kappa shape index (κ1) is 22.5. The smallest absolute Gasteiger partial charge is 0.288 e. The molecule has 0 bridgehead atoms. The third-order valence-corrected chi connectivity index (χ3v) is 5.00. The molecule has 1 amide bonds. The van der Waals surface area contributed by atoms with Gasteiger partial charge in [-0.05, 0) is 17.7 Å². The number of carbonyl (C=O) groups is 1. The summed E-state index contributed by atoms with van der Waals surface area (Å²) >= 11 is 5.72. The van der Waals surface area contributed by atoms with Crippen LogP contribution in [-0.4, -0.2) is 41.9 Å². The maximum atomic E-state index is 14.0. The lowest BCUT2D eigenvalue weighted by atomic mass is 10.1. The van der Waals surface area contributed by atoms with Crippen molar-refractivity contribution in [3.8, 4) is 0 Å². The first-order valence-electron chi connectivity index (χ1n) is 8.79. The van der Waals surface area contributed by atoms with Crippen LogP contribution in [0.25, 0.3) is 6.08 Å². The lowest BCUT2D eigenvalue weighted by Crippen LogP contribution is -2.49. The van der Waals surface area contributed by atoms with Crippen molar-refractivity contribution in [1.29, 1.82) is 0 Å². The molecule has 0 unspecified atom stereocenters. The van der Waals surface area contributed by atoms with Gasteiger partial charge in [0.1, 0.15) is 10.7 Å². The molecule has 0 aliphatic carbocycles. The fourth-order valence-corrected chi connectivity index (χ4v) is 3.25. The summed E-state index contributed by atoms with van der Waals surface area (Å²) in [7, 11) is 0. The Labute approximate surface area is 177 Å². The highest BCUT2D eigenvalue weighted by Crippen LogP contribution is 2.31. The Bertz CT molecular complexity index is 1060. The Morgan fingerprint density at radius 3 is 2.06 bits per heavy atom. The average molecular weight is 462 g/mol. The second kappa shape index (κ2) is 8.88. The van der Waals surface area contributed by atoms with Gasteiger partial charge in [-0.2, -0.15) is 0 Å². The van der Waals surface area contributed by atoms with Crippen LogP contribution >= 0.6 is 11.6 Å². The van der Waals surface area contributed by atoms with Gasteiger partial charge in [0.15, 0.2) is 23.3 Å². The van der Waals surface area contributed by atoms with Crippen LogP contribution in [-0.2, 0) is 4.79 Å². The number of nitrogens with zero attached hydrogens (tertiary/aromatic N) is 3. The van der Waals surface area contributed by atoms with Crippen LogP contribution < -0.4 is 4.90 Å². The molecule has 0 saturated carbocycles. The molecule has 1 aliphatic heterocycles. The Balaban J connectivity index is 1.69. The van der Waals surface area contributed by atoms with E-state index in [0.29, 0.717) is 5.56 Å². The number of nitro groups is 1. The zero-order chi connectivity index (χ0) is 22.9.